The molecule has 1 aromatic rings. The summed E-state index contributed by atoms with van der Waals surface area (Å²) in [6.45, 7) is 5.45. The van der Waals surface area contributed by atoms with Gasteiger partial charge in [0.05, 0.1) is 5.75 Å². The van der Waals surface area contributed by atoms with Crippen molar-refractivity contribution in [1.82, 2.24) is 15.6 Å². The lowest BCUT2D eigenvalue weighted by molar-refractivity contribution is -0.120. The van der Waals surface area contributed by atoms with Gasteiger partial charge < -0.3 is 10.6 Å². The number of pyridine rings is 1. The third-order valence-corrected chi connectivity index (χ3v) is 5.40. The summed E-state index contributed by atoms with van der Waals surface area (Å²) in [5.74, 6) is -0.869. The Hall–Kier alpha value is -1.96. The van der Waals surface area contributed by atoms with Crippen molar-refractivity contribution in [3.05, 3.63) is 23.9 Å². The van der Waals surface area contributed by atoms with Gasteiger partial charge in [-0.1, -0.05) is 19.9 Å². The fraction of sp³-hybridized carbons (Fsp3) is 0.533. The molecule has 0 aromatic carbocycles. The predicted octanol–water partition coefficient (Wildman–Crippen LogP) is 0.518. The van der Waals surface area contributed by atoms with Crippen molar-refractivity contribution in [3.63, 3.8) is 0 Å². The van der Waals surface area contributed by atoms with E-state index in [4.69, 9.17) is 0 Å². The summed E-state index contributed by atoms with van der Waals surface area (Å²) in [6, 6.07) is 3.67. The number of sulfone groups is 1. The van der Waals surface area contributed by atoms with Gasteiger partial charge in [-0.3, -0.25) is 9.59 Å². The van der Waals surface area contributed by atoms with Crippen LogP contribution in [0.1, 0.15) is 37.7 Å². The fourth-order valence-electron chi connectivity index (χ4n) is 2.46. The van der Waals surface area contributed by atoms with E-state index in [-0.39, 0.29) is 34.3 Å². The zero-order valence-electron chi connectivity index (χ0n) is 13.4. The highest BCUT2D eigenvalue weighted by Crippen LogP contribution is 2.13. The predicted molar refractivity (Wildman–Crippen MR) is 84.6 cm³/mol. The van der Waals surface area contributed by atoms with Gasteiger partial charge in [0.1, 0.15) is 11.7 Å². The molecule has 7 nitrogen and oxygen atoms in total. The highest BCUT2D eigenvalue weighted by molar-refractivity contribution is 7.91. The Morgan fingerprint density at radius 1 is 1.43 bits per heavy atom. The Labute approximate surface area is 135 Å². The molecule has 2 amide bonds. The standard InChI is InChI=1S/C15H21N3O4S/c1-9(2)8-23(21,22)13-6-4-5-11(17-13)14(19)18-12-7-10(3)16-15(12)20/h4-6,9-10,12H,7-8H2,1-3H3,(H,16,20)(H,18,19)/t10?,12-/m0/s1. The Morgan fingerprint density at radius 2 is 2.13 bits per heavy atom. The summed E-state index contributed by atoms with van der Waals surface area (Å²) in [5.41, 5.74) is -0.0119. The van der Waals surface area contributed by atoms with E-state index >= 15 is 0 Å². The van der Waals surface area contributed by atoms with E-state index in [1.165, 1.54) is 18.2 Å². The molecule has 1 aromatic heterocycles. The van der Waals surface area contributed by atoms with Crippen LogP contribution in [0.4, 0.5) is 0 Å². The van der Waals surface area contributed by atoms with E-state index in [2.05, 4.69) is 15.6 Å². The van der Waals surface area contributed by atoms with Crippen LogP contribution < -0.4 is 10.6 Å². The molecule has 0 aliphatic carbocycles. The zero-order chi connectivity index (χ0) is 17.2. The average molecular weight is 339 g/mol. The zero-order valence-corrected chi connectivity index (χ0v) is 14.2. The van der Waals surface area contributed by atoms with Crippen LogP contribution in [0.3, 0.4) is 0 Å². The number of aromatic nitrogens is 1. The molecule has 0 radical (unpaired) electrons. The number of hydrogen-bond acceptors (Lipinski definition) is 5. The van der Waals surface area contributed by atoms with Gasteiger partial charge >= 0.3 is 0 Å². The molecule has 0 spiro atoms. The molecule has 1 saturated heterocycles. The number of nitrogens with one attached hydrogen (secondary N) is 2. The van der Waals surface area contributed by atoms with Crippen LogP contribution >= 0.6 is 0 Å². The molecule has 2 N–H and O–H groups in total. The monoisotopic (exact) mass is 339 g/mol. The number of amides is 2. The third kappa shape index (κ3) is 4.28. The van der Waals surface area contributed by atoms with E-state index < -0.39 is 21.8 Å². The van der Waals surface area contributed by atoms with Gasteiger partial charge in [0.25, 0.3) is 5.91 Å². The Morgan fingerprint density at radius 3 is 2.70 bits per heavy atom. The second-order valence-electron chi connectivity index (χ2n) is 6.21. The molecule has 1 aliphatic rings. The van der Waals surface area contributed by atoms with Crippen molar-refractivity contribution in [1.29, 1.82) is 0 Å². The summed E-state index contributed by atoms with van der Waals surface area (Å²) >= 11 is 0. The molecule has 126 valence electrons. The van der Waals surface area contributed by atoms with Crippen molar-refractivity contribution in [3.8, 4) is 0 Å². The van der Waals surface area contributed by atoms with Gasteiger partial charge in [-0.15, -0.1) is 0 Å². The maximum absolute atomic E-state index is 12.2. The van der Waals surface area contributed by atoms with Crippen LogP contribution in [0.25, 0.3) is 0 Å². The first kappa shape index (κ1) is 17.4. The van der Waals surface area contributed by atoms with Crippen LogP contribution in [0.15, 0.2) is 23.2 Å². The third-order valence-electron chi connectivity index (χ3n) is 3.43. The summed E-state index contributed by atoms with van der Waals surface area (Å²) in [6.07, 6.45) is 0.496. The van der Waals surface area contributed by atoms with Crippen LogP contribution in [0, 0.1) is 5.92 Å². The van der Waals surface area contributed by atoms with Gasteiger partial charge in [-0.25, -0.2) is 13.4 Å². The molecule has 0 bridgehead atoms. The van der Waals surface area contributed by atoms with E-state index in [9.17, 15) is 18.0 Å². The normalized spacial score (nSPS) is 21.3. The van der Waals surface area contributed by atoms with Gasteiger partial charge in [-0.05, 0) is 31.4 Å². The first-order chi connectivity index (χ1) is 10.7. The minimum atomic E-state index is -3.53. The van der Waals surface area contributed by atoms with Crippen molar-refractivity contribution in [2.75, 3.05) is 5.75 Å². The molecule has 23 heavy (non-hydrogen) atoms. The van der Waals surface area contributed by atoms with Crippen LogP contribution in [-0.2, 0) is 14.6 Å². The molecular formula is C15H21N3O4S. The smallest absolute Gasteiger partial charge is 0.270 e. The highest BCUT2D eigenvalue weighted by atomic mass is 32.2. The second kappa shape index (κ2) is 6.66. The molecule has 8 heteroatoms. The average Bonchev–Trinajstić information content (AvgIpc) is 2.75. The van der Waals surface area contributed by atoms with E-state index in [0.717, 1.165) is 0 Å². The highest BCUT2D eigenvalue weighted by Gasteiger charge is 2.31. The molecule has 2 rings (SSSR count). The number of nitrogens with zero attached hydrogens (tertiary/aromatic N) is 1. The van der Waals surface area contributed by atoms with E-state index in [1.54, 1.807) is 13.8 Å². The first-order valence-electron chi connectivity index (χ1n) is 7.50. The topological polar surface area (TPSA) is 105 Å². The largest absolute Gasteiger partial charge is 0.352 e. The van der Waals surface area contributed by atoms with Crippen LogP contribution in [-0.4, -0.2) is 43.1 Å². The lowest BCUT2D eigenvalue weighted by atomic mass is 10.2. The summed E-state index contributed by atoms with van der Waals surface area (Å²) in [7, 11) is -3.53. The number of carbonyl (C=O) groups is 2. The molecule has 0 saturated carbocycles. The summed E-state index contributed by atoms with van der Waals surface area (Å²) in [4.78, 5) is 27.8. The van der Waals surface area contributed by atoms with Crippen molar-refractivity contribution >= 4 is 21.7 Å². The molecule has 1 aliphatic heterocycles. The molecule has 1 fully saturated rings. The van der Waals surface area contributed by atoms with Gasteiger partial charge in [-0.2, -0.15) is 0 Å². The quantitative estimate of drug-likeness (QED) is 0.813. The number of rotatable bonds is 5. The maximum atomic E-state index is 12.2. The lowest BCUT2D eigenvalue weighted by Gasteiger charge is -2.11. The number of hydrogen-bond donors (Lipinski definition) is 2. The Kier molecular flexibility index (Phi) is 5.03. The van der Waals surface area contributed by atoms with Crippen LogP contribution in [0.5, 0.6) is 0 Å². The molecular weight excluding hydrogens is 318 g/mol. The second-order valence-corrected chi connectivity index (χ2v) is 8.19. The molecule has 2 atom stereocenters. The van der Waals surface area contributed by atoms with E-state index in [0.29, 0.717) is 6.42 Å². The minimum Gasteiger partial charge on any atom is -0.352 e. The minimum absolute atomic E-state index is 0.00138. The van der Waals surface area contributed by atoms with Gasteiger partial charge in [0.15, 0.2) is 14.9 Å². The van der Waals surface area contributed by atoms with Crippen LogP contribution in [0.2, 0.25) is 0 Å². The summed E-state index contributed by atoms with van der Waals surface area (Å²) in [5, 5.41) is 5.18. The number of carbonyl (C=O) groups excluding carboxylic acids is 2. The summed E-state index contributed by atoms with van der Waals surface area (Å²) < 4.78 is 24.4. The van der Waals surface area contributed by atoms with Gasteiger partial charge in [0.2, 0.25) is 5.91 Å². The maximum Gasteiger partial charge on any atom is 0.270 e. The van der Waals surface area contributed by atoms with Gasteiger partial charge in [0, 0.05) is 6.04 Å². The fourth-order valence-corrected chi connectivity index (χ4v) is 4.03. The molecule has 2 heterocycles. The van der Waals surface area contributed by atoms with Crippen molar-refractivity contribution in [2.24, 2.45) is 5.92 Å². The van der Waals surface area contributed by atoms with E-state index in [1.807, 2.05) is 6.92 Å². The Bertz CT molecular complexity index is 715. The van der Waals surface area contributed by atoms with Crippen molar-refractivity contribution < 1.29 is 18.0 Å². The SMILES string of the molecule is CC(C)CS(=O)(=O)c1cccc(C(=O)N[C@H]2CC(C)NC2=O)n1. The lowest BCUT2D eigenvalue weighted by Crippen LogP contribution is -2.40. The Balaban J connectivity index is 2.16. The molecule has 1 unspecified atom stereocenters. The first-order valence-corrected chi connectivity index (χ1v) is 9.15. The van der Waals surface area contributed by atoms with Crippen molar-refractivity contribution in [2.45, 2.75) is 44.3 Å².